The second-order valence-corrected chi connectivity index (χ2v) is 7.54. The molecule has 1 aliphatic heterocycles. The lowest BCUT2D eigenvalue weighted by atomic mass is 9.96. The van der Waals surface area contributed by atoms with Crippen molar-refractivity contribution in [2.75, 3.05) is 13.1 Å². The van der Waals surface area contributed by atoms with E-state index in [2.05, 4.69) is 10.2 Å². The van der Waals surface area contributed by atoms with Gasteiger partial charge in [-0.3, -0.25) is 9.20 Å². The Bertz CT molecular complexity index is 1030. The second kappa shape index (κ2) is 7.50. The zero-order valence-corrected chi connectivity index (χ0v) is 16.0. The standard InChI is InChI=1S/C21H21F3N4O/c1-14-4-6-15(7-5-14)11-19(29)27-10-2-3-16(12-27)20-26-25-18-9-8-17(13-28(18)20)21(22,23)24/h4-9,13,16H,2-3,10-12H2,1H3. The van der Waals surface area contributed by atoms with Crippen molar-refractivity contribution in [1.29, 1.82) is 0 Å². The maximum absolute atomic E-state index is 13.1. The first-order valence-corrected chi connectivity index (χ1v) is 9.56. The molecule has 1 fully saturated rings. The van der Waals surface area contributed by atoms with E-state index in [-0.39, 0.29) is 11.8 Å². The Labute approximate surface area is 166 Å². The van der Waals surface area contributed by atoms with Gasteiger partial charge < -0.3 is 4.90 Å². The normalized spacial score (nSPS) is 17.7. The second-order valence-electron chi connectivity index (χ2n) is 7.54. The zero-order chi connectivity index (χ0) is 20.6. The van der Waals surface area contributed by atoms with Gasteiger partial charge in [-0.15, -0.1) is 10.2 Å². The summed E-state index contributed by atoms with van der Waals surface area (Å²) in [5.74, 6) is 0.339. The van der Waals surface area contributed by atoms with E-state index in [1.54, 1.807) is 4.90 Å². The summed E-state index contributed by atoms with van der Waals surface area (Å²) in [5, 5.41) is 8.14. The fourth-order valence-electron chi connectivity index (χ4n) is 3.76. The molecule has 3 aromatic rings. The van der Waals surface area contributed by atoms with Gasteiger partial charge in [0.15, 0.2) is 5.65 Å². The molecule has 1 aliphatic rings. The van der Waals surface area contributed by atoms with Crippen LogP contribution in [0.1, 0.15) is 41.3 Å². The number of rotatable bonds is 3. The predicted octanol–water partition coefficient (Wildman–Crippen LogP) is 4.01. The van der Waals surface area contributed by atoms with Crippen LogP contribution in [-0.2, 0) is 17.4 Å². The molecule has 1 aromatic carbocycles. The lowest BCUT2D eigenvalue weighted by Gasteiger charge is -2.32. The van der Waals surface area contributed by atoms with Gasteiger partial charge in [-0.1, -0.05) is 29.8 Å². The number of likely N-dealkylation sites (tertiary alicyclic amines) is 1. The van der Waals surface area contributed by atoms with Crippen LogP contribution in [-0.4, -0.2) is 38.5 Å². The van der Waals surface area contributed by atoms with Crippen LogP contribution in [0, 0.1) is 6.92 Å². The number of hydrogen-bond donors (Lipinski definition) is 0. The number of benzene rings is 1. The predicted molar refractivity (Wildman–Crippen MR) is 101 cm³/mol. The van der Waals surface area contributed by atoms with Gasteiger partial charge in [0.2, 0.25) is 5.91 Å². The number of aryl methyl sites for hydroxylation is 1. The number of aromatic nitrogens is 3. The number of nitrogens with zero attached hydrogens (tertiary/aromatic N) is 4. The molecule has 3 heterocycles. The SMILES string of the molecule is Cc1ccc(CC(=O)N2CCCC(c3nnc4ccc(C(F)(F)F)cn34)C2)cc1. The van der Waals surface area contributed by atoms with Gasteiger partial charge in [-0.05, 0) is 37.5 Å². The molecule has 8 heteroatoms. The van der Waals surface area contributed by atoms with Crippen LogP contribution in [0.15, 0.2) is 42.6 Å². The highest BCUT2D eigenvalue weighted by molar-refractivity contribution is 5.79. The highest BCUT2D eigenvalue weighted by atomic mass is 19.4. The highest BCUT2D eigenvalue weighted by Gasteiger charge is 2.32. The number of piperidine rings is 1. The third-order valence-corrected chi connectivity index (χ3v) is 5.37. The molecular formula is C21H21F3N4O. The van der Waals surface area contributed by atoms with Crippen molar-refractivity contribution in [2.45, 2.75) is 38.3 Å². The average Bonchev–Trinajstić information content (AvgIpc) is 3.12. The van der Waals surface area contributed by atoms with Gasteiger partial charge in [0.25, 0.3) is 0 Å². The van der Waals surface area contributed by atoms with E-state index < -0.39 is 11.7 Å². The van der Waals surface area contributed by atoms with Gasteiger partial charge in [0.05, 0.1) is 12.0 Å². The third-order valence-electron chi connectivity index (χ3n) is 5.37. The van der Waals surface area contributed by atoms with E-state index in [1.807, 2.05) is 31.2 Å². The lowest BCUT2D eigenvalue weighted by Crippen LogP contribution is -2.40. The summed E-state index contributed by atoms with van der Waals surface area (Å²) < 4.78 is 40.7. The highest BCUT2D eigenvalue weighted by Crippen LogP contribution is 2.31. The van der Waals surface area contributed by atoms with Crippen molar-refractivity contribution in [3.8, 4) is 0 Å². The third kappa shape index (κ3) is 4.11. The number of amides is 1. The Balaban J connectivity index is 1.53. The molecule has 0 saturated carbocycles. The Morgan fingerprint density at radius 1 is 1.14 bits per heavy atom. The van der Waals surface area contributed by atoms with Crippen molar-refractivity contribution >= 4 is 11.6 Å². The van der Waals surface area contributed by atoms with E-state index in [1.165, 1.54) is 10.5 Å². The van der Waals surface area contributed by atoms with Gasteiger partial charge >= 0.3 is 6.18 Å². The number of carbonyl (C=O) groups excluding carboxylic acids is 1. The summed E-state index contributed by atoms with van der Waals surface area (Å²) in [4.78, 5) is 14.5. The summed E-state index contributed by atoms with van der Waals surface area (Å²) in [6, 6.07) is 10.2. The topological polar surface area (TPSA) is 50.5 Å². The minimum Gasteiger partial charge on any atom is -0.342 e. The monoisotopic (exact) mass is 402 g/mol. The Morgan fingerprint density at radius 3 is 2.62 bits per heavy atom. The van der Waals surface area contributed by atoms with E-state index in [0.717, 1.165) is 36.2 Å². The smallest absolute Gasteiger partial charge is 0.342 e. The maximum atomic E-state index is 13.1. The van der Waals surface area contributed by atoms with E-state index >= 15 is 0 Å². The summed E-state index contributed by atoms with van der Waals surface area (Å²) in [6.45, 7) is 3.07. The molecule has 152 valence electrons. The summed E-state index contributed by atoms with van der Waals surface area (Å²) in [6.07, 6.45) is -1.55. The number of pyridine rings is 1. The molecule has 1 amide bonds. The number of alkyl halides is 3. The Kier molecular flexibility index (Phi) is 5.02. The quantitative estimate of drug-likeness (QED) is 0.665. The van der Waals surface area contributed by atoms with Crippen LogP contribution in [0.3, 0.4) is 0 Å². The fraction of sp³-hybridized carbons (Fsp3) is 0.381. The van der Waals surface area contributed by atoms with Crippen LogP contribution in [0.5, 0.6) is 0 Å². The molecule has 4 rings (SSSR count). The molecule has 0 bridgehead atoms. The van der Waals surface area contributed by atoms with E-state index in [9.17, 15) is 18.0 Å². The summed E-state index contributed by atoms with van der Waals surface area (Å²) in [5.41, 5.74) is 1.71. The fourth-order valence-corrected chi connectivity index (χ4v) is 3.76. The minimum atomic E-state index is -4.43. The summed E-state index contributed by atoms with van der Waals surface area (Å²) >= 11 is 0. The van der Waals surface area contributed by atoms with Crippen LogP contribution in [0.2, 0.25) is 0 Å². The van der Waals surface area contributed by atoms with Crippen molar-refractivity contribution < 1.29 is 18.0 Å². The summed E-state index contributed by atoms with van der Waals surface area (Å²) in [7, 11) is 0. The number of halogens is 3. The van der Waals surface area contributed by atoms with Gasteiger partial charge in [0.1, 0.15) is 5.82 Å². The van der Waals surface area contributed by atoms with Crippen molar-refractivity contribution in [1.82, 2.24) is 19.5 Å². The molecule has 5 nitrogen and oxygen atoms in total. The number of fused-ring (bicyclic) bond motifs is 1. The van der Waals surface area contributed by atoms with Gasteiger partial charge in [-0.2, -0.15) is 13.2 Å². The van der Waals surface area contributed by atoms with Gasteiger partial charge in [0, 0.05) is 25.2 Å². The molecule has 29 heavy (non-hydrogen) atoms. The molecule has 0 N–H and O–H groups in total. The largest absolute Gasteiger partial charge is 0.417 e. The molecular weight excluding hydrogens is 381 g/mol. The van der Waals surface area contributed by atoms with Crippen molar-refractivity contribution in [2.24, 2.45) is 0 Å². The van der Waals surface area contributed by atoms with E-state index in [0.29, 0.717) is 31.0 Å². The van der Waals surface area contributed by atoms with Crippen LogP contribution < -0.4 is 0 Å². The van der Waals surface area contributed by atoms with Crippen molar-refractivity contribution in [3.05, 3.63) is 65.1 Å². The number of carbonyl (C=O) groups is 1. The molecule has 2 aromatic heterocycles. The van der Waals surface area contributed by atoms with E-state index in [4.69, 9.17) is 0 Å². The lowest BCUT2D eigenvalue weighted by molar-refractivity contribution is -0.137. The first-order valence-electron chi connectivity index (χ1n) is 9.56. The first kappa shape index (κ1) is 19.4. The Morgan fingerprint density at radius 2 is 1.90 bits per heavy atom. The van der Waals surface area contributed by atoms with Crippen LogP contribution in [0.4, 0.5) is 13.2 Å². The molecule has 1 saturated heterocycles. The Hall–Kier alpha value is -2.90. The van der Waals surface area contributed by atoms with Crippen LogP contribution in [0.25, 0.3) is 5.65 Å². The molecule has 1 atom stereocenters. The van der Waals surface area contributed by atoms with Crippen LogP contribution >= 0.6 is 0 Å². The van der Waals surface area contributed by atoms with Gasteiger partial charge in [-0.25, -0.2) is 0 Å². The zero-order valence-electron chi connectivity index (χ0n) is 16.0. The maximum Gasteiger partial charge on any atom is 0.417 e. The first-order chi connectivity index (χ1) is 13.8. The average molecular weight is 402 g/mol. The number of hydrogen-bond acceptors (Lipinski definition) is 3. The van der Waals surface area contributed by atoms with Crippen molar-refractivity contribution in [3.63, 3.8) is 0 Å². The molecule has 0 radical (unpaired) electrons. The molecule has 1 unspecified atom stereocenters. The minimum absolute atomic E-state index is 0.0170. The molecule has 0 aliphatic carbocycles. The molecule has 0 spiro atoms.